The van der Waals surface area contributed by atoms with Crippen molar-refractivity contribution in [2.45, 2.75) is 25.4 Å². The second-order valence-electron chi connectivity index (χ2n) is 5.63. The predicted octanol–water partition coefficient (Wildman–Crippen LogP) is 2.34. The highest BCUT2D eigenvalue weighted by molar-refractivity contribution is 9.10. The highest BCUT2D eigenvalue weighted by Gasteiger charge is 2.36. The summed E-state index contributed by atoms with van der Waals surface area (Å²) in [5, 5.41) is 9.59. The molecule has 1 heterocycles. The minimum Gasteiger partial charge on any atom is -0.394 e. The number of nitrogens with zero attached hydrogens (tertiary/aromatic N) is 2. The van der Waals surface area contributed by atoms with Crippen molar-refractivity contribution in [3.05, 3.63) is 28.7 Å². The number of aliphatic hydroxyl groups excluding tert-OH is 1. The average molecular weight is 313 g/mol. The third kappa shape index (κ3) is 2.71. The van der Waals surface area contributed by atoms with E-state index < -0.39 is 0 Å². The van der Waals surface area contributed by atoms with Crippen molar-refractivity contribution in [3.63, 3.8) is 0 Å². The first kappa shape index (κ1) is 13.8. The lowest BCUT2D eigenvalue weighted by atomic mass is 9.96. The molecule has 0 amide bonds. The Morgan fingerprint density at radius 3 is 2.50 bits per heavy atom. The highest BCUT2D eigenvalue weighted by atomic mass is 79.9. The molecule has 1 atom stereocenters. The van der Waals surface area contributed by atoms with E-state index in [4.69, 9.17) is 0 Å². The van der Waals surface area contributed by atoms with Crippen LogP contribution in [0.5, 0.6) is 0 Å². The molecule has 100 valence electrons. The van der Waals surface area contributed by atoms with Crippen molar-refractivity contribution in [1.29, 1.82) is 0 Å². The normalized spacial score (nSPS) is 24.3. The summed E-state index contributed by atoms with van der Waals surface area (Å²) in [6.45, 7) is 6.49. The predicted molar refractivity (Wildman–Crippen MR) is 79.1 cm³/mol. The first-order valence-electron chi connectivity index (χ1n) is 6.28. The van der Waals surface area contributed by atoms with Crippen LogP contribution in [0.4, 0.5) is 5.69 Å². The maximum absolute atomic E-state index is 9.59. The SMILES string of the molecule is CN1CC(CO)N(c2ccc(Br)cc2)CC1(C)C. The van der Waals surface area contributed by atoms with E-state index in [-0.39, 0.29) is 18.2 Å². The molecule has 1 unspecified atom stereocenters. The lowest BCUT2D eigenvalue weighted by molar-refractivity contribution is 0.0932. The maximum atomic E-state index is 9.59. The number of benzene rings is 1. The number of anilines is 1. The molecule has 1 aromatic rings. The highest BCUT2D eigenvalue weighted by Crippen LogP contribution is 2.28. The Bertz CT molecular complexity index is 405. The van der Waals surface area contributed by atoms with E-state index in [1.807, 2.05) is 0 Å². The first-order valence-corrected chi connectivity index (χ1v) is 7.07. The molecular weight excluding hydrogens is 292 g/mol. The van der Waals surface area contributed by atoms with Crippen LogP contribution in [0.15, 0.2) is 28.7 Å². The van der Waals surface area contributed by atoms with Gasteiger partial charge < -0.3 is 10.0 Å². The molecule has 1 fully saturated rings. The number of hydrogen-bond acceptors (Lipinski definition) is 3. The third-order valence-corrected chi connectivity index (χ3v) is 4.41. The summed E-state index contributed by atoms with van der Waals surface area (Å²) in [6, 6.07) is 8.48. The van der Waals surface area contributed by atoms with Gasteiger partial charge >= 0.3 is 0 Å². The number of likely N-dealkylation sites (N-methyl/N-ethyl adjacent to an activating group) is 1. The Hall–Kier alpha value is -0.580. The molecule has 1 N–H and O–H groups in total. The monoisotopic (exact) mass is 312 g/mol. The van der Waals surface area contributed by atoms with Crippen LogP contribution in [0.2, 0.25) is 0 Å². The van der Waals surface area contributed by atoms with E-state index in [9.17, 15) is 5.11 Å². The van der Waals surface area contributed by atoms with Crippen molar-refractivity contribution < 1.29 is 5.11 Å². The van der Waals surface area contributed by atoms with Crippen LogP contribution in [0, 0.1) is 0 Å². The summed E-state index contributed by atoms with van der Waals surface area (Å²) in [5.41, 5.74) is 1.30. The van der Waals surface area contributed by atoms with Crippen LogP contribution in [0.3, 0.4) is 0 Å². The summed E-state index contributed by atoms with van der Waals surface area (Å²) in [7, 11) is 2.13. The molecule has 4 heteroatoms. The van der Waals surface area contributed by atoms with E-state index >= 15 is 0 Å². The molecule has 0 saturated carbocycles. The Morgan fingerprint density at radius 2 is 1.94 bits per heavy atom. The van der Waals surface area contributed by atoms with Gasteiger partial charge in [-0.2, -0.15) is 0 Å². The van der Waals surface area contributed by atoms with Crippen LogP contribution < -0.4 is 4.90 Å². The molecule has 0 radical (unpaired) electrons. The summed E-state index contributed by atoms with van der Waals surface area (Å²) >= 11 is 3.46. The summed E-state index contributed by atoms with van der Waals surface area (Å²) in [4.78, 5) is 4.63. The lowest BCUT2D eigenvalue weighted by Crippen LogP contribution is -2.63. The van der Waals surface area contributed by atoms with Gasteiger partial charge in [-0.05, 0) is 45.2 Å². The van der Waals surface area contributed by atoms with Gasteiger partial charge in [0.05, 0.1) is 12.6 Å². The van der Waals surface area contributed by atoms with E-state index in [1.54, 1.807) is 0 Å². The number of hydrogen-bond donors (Lipinski definition) is 1. The Balaban J connectivity index is 2.26. The topological polar surface area (TPSA) is 26.7 Å². The Morgan fingerprint density at radius 1 is 1.33 bits per heavy atom. The van der Waals surface area contributed by atoms with Gasteiger partial charge in [-0.15, -0.1) is 0 Å². The zero-order valence-corrected chi connectivity index (χ0v) is 12.8. The fourth-order valence-corrected chi connectivity index (χ4v) is 2.68. The third-order valence-electron chi connectivity index (χ3n) is 3.89. The standard InChI is InChI=1S/C14H21BrN2O/c1-14(2)10-17(13(9-18)8-16(14)3)12-6-4-11(15)5-7-12/h4-7,13,18H,8-10H2,1-3H3. The van der Waals surface area contributed by atoms with Crippen molar-refractivity contribution in [2.75, 3.05) is 31.6 Å². The van der Waals surface area contributed by atoms with Crippen molar-refractivity contribution in [1.82, 2.24) is 4.90 Å². The number of aliphatic hydroxyl groups is 1. The molecule has 0 aliphatic carbocycles. The summed E-state index contributed by atoms with van der Waals surface area (Å²) < 4.78 is 1.08. The van der Waals surface area contributed by atoms with Gasteiger partial charge in [0.15, 0.2) is 0 Å². The average Bonchev–Trinajstić information content (AvgIpc) is 2.33. The molecule has 3 nitrogen and oxygen atoms in total. The van der Waals surface area contributed by atoms with E-state index in [0.29, 0.717) is 0 Å². The second kappa shape index (κ2) is 5.19. The van der Waals surface area contributed by atoms with E-state index in [2.05, 4.69) is 70.9 Å². The lowest BCUT2D eigenvalue weighted by Gasteiger charge is -2.50. The molecular formula is C14H21BrN2O. The molecule has 0 spiro atoms. The summed E-state index contributed by atoms with van der Waals surface area (Å²) in [6.07, 6.45) is 0. The zero-order valence-electron chi connectivity index (χ0n) is 11.2. The number of rotatable bonds is 2. The number of halogens is 1. The van der Waals surface area contributed by atoms with Crippen molar-refractivity contribution >= 4 is 21.6 Å². The molecule has 1 aromatic carbocycles. The Kier molecular flexibility index (Phi) is 3.99. The zero-order chi connectivity index (χ0) is 13.3. The van der Waals surface area contributed by atoms with Crippen molar-refractivity contribution in [3.8, 4) is 0 Å². The second-order valence-corrected chi connectivity index (χ2v) is 6.55. The van der Waals surface area contributed by atoms with Gasteiger partial charge in [0.25, 0.3) is 0 Å². The fraction of sp³-hybridized carbons (Fsp3) is 0.571. The molecule has 1 saturated heterocycles. The summed E-state index contributed by atoms with van der Waals surface area (Å²) in [5.74, 6) is 0. The molecule has 0 aromatic heterocycles. The quantitative estimate of drug-likeness (QED) is 0.908. The minimum atomic E-state index is 0.124. The van der Waals surface area contributed by atoms with Crippen LogP contribution in [-0.4, -0.2) is 48.3 Å². The van der Waals surface area contributed by atoms with Crippen LogP contribution in [0.25, 0.3) is 0 Å². The maximum Gasteiger partial charge on any atom is 0.0648 e. The van der Waals surface area contributed by atoms with E-state index in [1.165, 1.54) is 5.69 Å². The van der Waals surface area contributed by atoms with Crippen LogP contribution >= 0.6 is 15.9 Å². The van der Waals surface area contributed by atoms with E-state index in [0.717, 1.165) is 17.6 Å². The van der Waals surface area contributed by atoms with Gasteiger partial charge in [-0.1, -0.05) is 15.9 Å². The molecule has 18 heavy (non-hydrogen) atoms. The Labute approximate surface area is 118 Å². The first-order chi connectivity index (χ1) is 8.44. The smallest absolute Gasteiger partial charge is 0.0648 e. The van der Waals surface area contributed by atoms with Gasteiger partial charge in [0.2, 0.25) is 0 Å². The fourth-order valence-electron chi connectivity index (χ4n) is 2.42. The number of piperazine rings is 1. The van der Waals surface area contributed by atoms with Crippen LogP contribution in [0.1, 0.15) is 13.8 Å². The van der Waals surface area contributed by atoms with Crippen LogP contribution in [-0.2, 0) is 0 Å². The molecule has 0 bridgehead atoms. The van der Waals surface area contributed by atoms with Crippen molar-refractivity contribution in [2.24, 2.45) is 0 Å². The van der Waals surface area contributed by atoms with Gasteiger partial charge in [-0.3, -0.25) is 4.90 Å². The van der Waals surface area contributed by atoms with Gasteiger partial charge in [-0.25, -0.2) is 0 Å². The molecule has 1 aliphatic rings. The van der Waals surface area contributed by atoms with Gasteiger partial charge in [0, 0.05) is 28.8 Å². The molecule has 2 rings (SSSR count). The van der Waals surface area contributed by atoms with Gasteiger partial charge in [0.1, 0.15) is 0 Å². The largest absolute Gasteiger partial charge is 0.394 e. The minimum absolute atomic E-state index is 0.124. The molecule has 1 aliphatic heterocycles.